The van der Waals surface area contributed by atoms with Gasteiger partial charge in [0.25, 0.3) is 0 Å². The van der Waals surface area contributed by atoms with Gasteiger partial charge >= 0.3 is 0 Å². The van der Waals surface area contributed by atoms with E-state index >= 15 is 0 Å². The van der Waals surface area contributed by atoms with Gasteiger partial charge in [0.05, 0.1) is 0 Å². The lowest BCUT2D eigenvalue weighted by Gasteiger charge is -2.23. The molecule has 0 aromatic carbocycles. The van der Waals surface area contributed by atoms with Gasteiger partial charge in [0.1, 0.15) is 0 Å². The molecule has 2 heteroatoms. The Balaban J connectivity index is 1.80. The summed E-state index contributed by atoms with van der Waals surface area (Å²) in [5.41, 5.74) is 0. The summed E-state index contributed by atoms with van der Waals surface area (Å²) in [6.07, 6.45) is 29.2. The lowest BCUT2D eigenvalue weighted by Crippen LogP contribution is -2.39. The molecular weight excluding hydrogens is 330 g/mol. The summed E-state index contributed by atoms with van der Waals surface area (Å²) in [5, 5.41) is 3.52. The molecule has 0 unspecified atom stereocenters. The van der Waals surface area contributed by atoms with Crippen molar-refractivity contribution in [3.8, 4) is 0 Å². The Hall–Kier alpha value is -0.530. The molecule has 0 aromatic heterocycles. The molecular formula is C25H47NO. The zero-order valence-corrected chi connectivity index (χ0v) is 18.1. The lowest BCUT2D eigenvalue weighted by molar-refractivity contribution is -0.126. The van der Waals surface area contributed by atoms with Gasteiger partial charge in [-0.25, -0.2) is 0 Å². The lowest BCUT2D eigenvalue weighted by atomic mass is 9.93. The second-order valence-corrected chi connectivity index (χ2v) is 9.42. The Bertz CT molecular complexity index is 341. The summed E-state index contributed by atoms with van der Waals surface area (Å²) in [7, 11) is 0. The van der Waals surface area contributed by atoms with Crippen molar-refractivity contribution in [1.82, 2.24) is 5.32 Å². The smallest absolute Gasteiger partial charge is 0.223 e. The van der Waals surface area contributed by atoms with Gasteiger partial charge < -0.3 is 5.32 Å². The third kappa shape index (κ3) is 11.2. The minimum Gasteiger partial charge on any atom is -0.353 e. The Morgan fingerprint density at radius 2 is 0.741 bits per heavy atom. The molecule has 2 aliphatic rings. The topological polar surface area (TPSA) is 29.1 Å². The molecule has 1 amide bonds. The first-order valence-electron chi connectivity index (χ1n) is 12.7. The van der Waals surface area contributed by atoms with E-state index in [0.717, 1.165) is 12.8 Å². The normalized spacial score (nSPS) is 24.6. The monoisotopic (exact) mass is 377 g/mol. The van der Waals surface area contributed by atoms with Crippen molar-refractivity contribution in [3.05, 3.63) is 0 Å². The second-order valence-electron chi connectivity index (χ2n) is 9.42. The highest BCUT2D eigenvalue weighted by atomic mass is 16.1. The van der Waals surface area contributed by atoms with Crippen molar-refractivity contribution in [1.29, 1.82) is 0 Å². The van der Waals surface area contributed by atoms with Crippen LogP contribution in [-0.2, 0) is 4.79 Å². The number of hydrogen-bond acceptors (Lipinski definition) is 1. The van der Waals surface area contributed by atoms with Crippen molar-refractivity contribution >= 4 is 5.91 Å². The number of carbonyl (C=O) groups is 1. The molecule has 27 heavy (non-hydrogen) atoms. The van der Waals surface area contributed by atoms with Gasteiger partial charge in [0, 0.05) is 12.0 Å². The molecule has 2 aliphatic carbocycles. The summed E-state index contributed by atoms with van der Waals surface area (Å²) in [5.74, 6) is 0.677. The van der Waals surface area contributed by atoms with Crippen LogP contribution in [0.5, 0.6) is 0 Å². The van der Waals surface area contributed by atoms with E-state index in [4.69, 9.17) is 0 Å². The zero-order chi connectivity index (χ0) is 19.0. The Kier molecular flexibility index (Phi) is 13.0. The molecule has 0 spiro atoms. The van der Waals surface area contributed by atoms with Crippen molar-refractivity contribution < 1.29 is 4.79 Å². The van der Waals surface area contributed by atoms with E-state index in [0.29, 0.717) is 11.9 Å². The summed E-state index contributed by atoms with van der Waals surface area (Å²) in [6, 6.07) is 0.441. The van der Waals surface area contributed by atoms with Crippen LogP contribution in [0.1, 0.15) is 141 Å². The van der Waals surface area contributed by atoms with Gasteiger partial charge in [-0.3, -0.25) is 4.79 Å². The van der Waals surface area contributed by atoms with E-state index < -0.39 is 0 Å². The molecule has 1 N–H and O–H groups in total. The van der Waals surface area contributed by atoms with Crippen LogP contribution < -0.4 is 5.32 Å². The fourth-order valence-electron chi connectivity index (χ4n) is 5.05. The van der Waals surface area contributed by atoms with Crippen LogP contribution in [0.4, 0.5) is 0 Å². The maximum Gasteiger partial charge on any atom is 0.223 e. The molecule has 0 heterocycles. The standard InChI is InChI=1S/C25H47NO/c27-25(23-19-15-11-7-5-6-8-12-16-20-23)26-24-21-17-13-9-3-1-2-4-10-14-18-22-24/h23-24H,1-22H2,(H,26,27). The minimum atomic E-state index is 0.285. The van der Waals surface area contributed by atoms with E-state index in [1.54, 1.807) is 0 Å². The summed E-state index contributed by atoms with van der Waals surface area (Å²) in [6.45, 7) is 0. The van der Waals surface area contributed by atoms with Crippen molar-refractivity contribution in [2.45, 2.75) is 147 Å². The Labute approximate surface area is 169 Å². The van der Waals surface area contributed by atoms with Crippen LogP contribution in [0.15, 0.2) is 0 Å². The van der Waals surface area contributed by atoms with Gasteiger partial charge in [-0.05, 0) is 25.7 Å². The maximum atomic E-state index is 13.0. The van der Waals surface area contributed by atoms with Gasteiger partial charge in [-0.1, -0.05) is 116 Å². The highest BCUT2D eigenvalue weighted by molar-refractivity contribution is 5.78. The van der Waals surface area contributed by atoms with Crippen LogP contribution in [0.3, 0.4) is 0 Å². The van der Waals surface area contributed by atoms with E-state index in [1.807, 2.05) is 0 Å². The zero-order valence-electron chi connectivity index (χ0n) is 18.1. The fraction of sp³-hybridized carbons (Fsp3) is 0.960. The predicted octanol–water partition coefficient (Wildman–Crippen LogP) is 7.70. The first-order chi connectivity index (χ1) is 13.4. The average molecular weight is 378 g/mol. The van der Waals surface area contributed by atoms with Crippen molar-refractivity contribution in [2.24, 2.45) is 5.92 Å². The highest BCUT2D eigenvalue weighted by Crippen LogP contribution is 2.23. The highest BCUT2D eigenvalue weighted by Gasteiger charge is 2.21. The van der Waals surface area contributed by atoms with Gasteiger partial charge in [0.15, 0.2) is 0 Å². The van der Waals surface area contributed by atoms with Gasteiger partial charge in [-0.2, -0.15) is 0 Å². The molecule has 0 radical (unpaired) electrons. The number of hydrogen-bond donors (Lipinski definition) is 1. The Morgan fingerprint density at radius 3 is 1.11 bits per heavy atom. The van der Waals surface area contributed by atoms with E-state index in [-0.39, 0.29) is 5.92 Å². The molecule has 0 aromatic rings. The Morgan fingerprint density at radius 1 is 0.444 bits per heavy atom. The molecule has 2 fully saturated rings. The number of amides is 1. The first kappa shape index (κ1) is 22.8. The largest absolute Gasteiger partial charge is 0.353 e. The van der Waals surface area contributed by atoms with Crippen LogP contribution in [0.2, 0.25) is 0 Å². The molecule has 0 bridgehead atoms. The molecule has 0 saturated heterocycles. The summed E-state index contributed by atoms with van der Waals surface area (Å²) < 4.78 is 0. The van der Waals surface area contributed by atoms with Gasteiger partial charge in [-0.15, -0.1) is 0 Å². The quantitative estimate of drug-likeness (QED) is 0.525. The van der Waals surface area contributed by atoms with Crippen LogP contribution >= 0.6 is 0 Å². The predicted molar refractivity (Wildman–Crippen MR) is 117 cm³/mol. The van der Waals surface area contributed by atoms with Gasteiger partial charge in [0.2, 0.25) is 5.91 Å². The maximum absolute atomic E-state index is 13.0. The average Bonchev–Trinajstić information content (AvgIpc) is 2.71. The number of nitrogens with one attached hydrogen (secondary N) is 1. The summed E-state index contributed by atoms with van der Waals surface area (Å²) >= 11 is 0. The van der Waals surface area contributed by atoms with Crippen LogP contribution in [-0.4, -0.2) is 11.9 Å². The summed E-state index contributed by atoms with van der Waals surface area (Å²) in [4.78, 5) is 13.0. The van der Waals surface area contributed by atoms with E-state index in [2.05, 4.69) is 5.32 Å². The van der Waals surface area contributed by atoms with Crippen molar-refractivity contribution in [2.75, 3.05) is 0 Å². The third-order valence-electron chi connectivity index (χ3n) is 6.93. The van der Waals surface area contributed by atoms with Crippen LogP contribution in [0, 0.1) is 5.92 Å². The molecule has 158 valence electrons. The molecule has 0 atom stereocenters. The van der Waals surface area contributed by atoms with E-state index in [1.165, 1.54) is 128 Å². The molecule has 2 nitrogen and oxygen atoms in total. The molecule has 0 aliphatic heterocycles. The SMILES string of the molecule is O=C(NC1CCCCCCCCCCCC1)C1CCCCCCCCCC1. The third-order valence-corrected chi connectivity index (χ3v) is 6.93. The number of carbonyl (C=O) groups excluding carboxylic acids is 1. The van der Waals surface area contributed by atoms with Crippen molar-refractivity contribution in [3.63, 3.8) is 0 Å². The first-order valence-corrected chi connectivity index (χ1v) is 12.7. The molecule has 2 saturated carbocycles. The van der Waals surface area contributed by atoms with E-state index in [9.17, 15) is 4.79 Å². The molecule has 2 rings (SSSR count). The minimum absolute atomic E-state index is 0.285. The van der Waals surface area contributed by atoms with Crippen LogP contribution in [0.25, 0.3) is 0 Å². The number of rotatable bonds is 2. The second kappa shape index (κ2) is 15.4. The fourth-order valence-corrected chi connectivity index (χ4v) is 5.05.